The molecule has 1 heterocycles. The van der Waals surface area contributed by atoms with Gasteiger partial charge in [-0.15, -0.1) is 0 Å². The average molecular weight is 624 g/mol. The number of ether oxygens (including phenoxy) is 1. The summed E-state index contributed by atoms with van der Waals surface area (Å²) < 4.78 is 50.3. The Morgan fingerprint density at radius 3 is 2.50 bits per heavy atom. The summed E-state index contributed by atoms with van der Waals surface area (Å²) in [7, 11) is 4.19. The van der Waals surface area contributed by atoms with Gasteiger partial charge in [-0.1, -0.05) is 6.92 Å². The van der Waals surface area contributed by atoms with Gasteiger partial charge in [0.2, 0.25) is 5.78 Å². The Kier molecular flexibility index (Phi) is 8.10. The third-order valence-electron chi connectivity index (χ3n) is 9.36. The van der Waals surface area contributed by atoms with E-state index in [2.05, 4.69) is 5.32 Å². The second kappa shape index (κ2) is 11.2. The van der Waals surface area contributed by atoms with Crippen molar-refractivity contribution in [1.29, 1.82) is 0 Å². The number of halogens is 3. The van der Waals surface area contributed by atoms with Crippen LogP contribution in [0.2, 0.25) is 0 Å². The van der Waals surface area contributed by atoms with Crippen molar-refractivity contribution in [3.63, 3.8) is 0 Å². The first-order valence-electron chi connectivity index (χ1n) is 14.5. The van der Waals surface area contributed by atoms with Gasteiger partial charge in [0.1, 0.15) is 22.8 Å². The molecule has 1 amide bonds. The second-order valence-corrected chi connectivity index (χ2v) is 12.0. The maximum atomic E-state index is 14.9. The van der Waals surface area contributed by atoms with Crippen LogP contribution in [0.25, 0.3) is 0 Å². The Balaban J connectivity index is 1.72. The minimum Gasteiger partial charge on any atom is -0.510 e. The zero-order valence-corrected chi connectivity index (χ0v) is 24.8. The van der Waals surface area contributed by atoms with E-state index >= 15 is 0 Å². The number of rotatable bonds is 5. The molecule has 44 heavy (non-hydrogen) atoms. The molecule has 1 fully saturated rings. The van der Waals surface area contributed by atoms with Crippen LogP contribution in [-0.4, -0.2) is 107 Å². The summed E-state index contributed by atoms with van der Waals surface area (Å²) in [6.07, 6.45) is -5.01. The number of nitrogens with zero attached hydrogens (tertiary/aromatic N) is 2. The Morgan fingerprint density at radius 1 is 1.23 bits per heavy atom. The number of hydrogen-bond acceptors (Lipinski definition) is 10. The number of phenols is 1. The zero-order valence-electron chi connectivity index (χ0n) is 24.8. The molecule has 0 spiro atoms. The number of ketones is 2. The number of likely N-dealkylation sites (N-methyl/N-ethyl adjacent to an activating group) is 2. The van der Waals surface area contributed by atoms with Gasteiger partial charge in [0.15, 0.2) is 11.4 Å². The molecule has 14 heteroatoms. The predicted octanol–water partition coefficient (Wildman–Crippen LogP) is 2.18. The number of aliphatic hydroxyl groups is 3. The van der Waals surface area contributed by atoms with E-state index in [9.17, 15) is 48.0 Å². The van der Waals surface area contributed by atoms with Crippen molar-refractivity contribution in [3.05, 3.63) is 51.0 Å². The van der Waals surface area contributed by atoms with Gasteiger partial charge in [-0.3, -0.25) is 24.2 Å². The van der Waals surface area contributed by atoms with E-state index in [1.807, 2.05) is 11.8 Å². The van der Waals surface area contributed by atoms with E-state index in [-0.39, 0.29) is 18.6 Å². The molecule has 1 aliphatic heterocycles. The summed E-state index contributed by atoms with van der Waals surface area (Å²) in [6.45, 7) is 3.05. The number of morpholine rings is 1. The van der Waals surface area contributed by atoms with Crippen molar-refractivity contribution in [1.82, 2.24) is 15.1 Å². The van der Waals surface area contributed by atoms with Crippen molar-refractivity contribution in [2.45, 2.75) is 50.0 Å². The molecule has 0 aromatic heterocycles. The van der Waals surface area contributed by atoms with Crippen molar-refractivity contribution in [2.24, 2.45) is 11.8 Å². The molecular weight excluding hydrogens is 587 g/mol. The van der Waals surface area contributed by atoms with Crippen molar-refractivity contribution in [3.8, 4) is 5.75 Å². The van der Waals surface area contributed by atoms with Crippen LogP contribution in [0.5, 0.6) is 5.75 Å². The van der Waals surface area contributed by atoms with Crippen LogP contribution in [0, 0.1) is 11.8 Å². The number of fused-ring (bicyclic) bond motifs is 3. The van der Waals surface area contributed by atoms with Crippen LogP contribution >= 0.6 is 0 Å². The summed E-state index contributed by atoms with van der Waals surface area (Å²) in [5.41, 5.74) is -6.57. The van der Waals surface area contributed by atoms with Crippen molar-refractivity contribution in [2.75, 3.05) is 47.4 Å². The van der Waals surface area contributed by atoms with Gasteiger partial charge >= 0.3 is 6.18 Å². The minimum absolute atomic E-state index is 0.0500. The molecule has 4 aliphatic rings. The SMILES string of the molecule is CCCN1CCOCC1c1cc(O)c2c(c1C(F)(F)F)C[C@H]1C[C@H]3[C@H](N(C)C)C(O)=C(C(=O)NC)C(=O)[C@@]3(O)C(O)=C1C2=O. The first-order valence-corrected chi connectivity index (χ1v) is 14.5. The highest BCUT2D eigenvalue weighted by atomic mass is 19.4. The maximum absolute atomic E-state index is 14.9. The van der Waals surface area contributed by atoms with Gasteiger partial charge in [0.25, 0.3) is 5.91 Å². The fourth-order valence-corrected chi connectivity index (χ4v) is 7.54. The lowest BCUT2D eigenvalue weighted by atomic mass is 9.58. The quantitative estimate of drug-likeness (QED) is 0.308. The minimum atomic E-state index is -4.93. The molecule has 5 atom stereocenters. The van der Waals surface area contributed by atoms with Crippen LogP contribution in [0.15, 0.2) is 28.7 Å². The molecule has 1 aromatic carbocycles. The lowest BCUT2D eigenvalue weighted by Crippen LogP contribution is -2.64. The van der Waals surface area contributed by atoms with Crippen LogP contribution in [-0.2, 0) is 26.9 Å². The standard InChI is InChI=1S/C30H36F3N3O8/c1-5-6-36-7-8-44-12-17(36)14-11-18(37)20-15(22(14)30(31,32)33)9-13-10-16-23(35(3)4)25(39)21(28(42)34-2)27(41)29(16,43)26(40)19(13)24(20)38/h11,13,16-17,23,37,39-40,43H,5-10,12H2,1-4H3,(H,34,42)/t13-,16-,17?,23-,29-/m0/s1. The maximum Gasteiger partial charge on any atom is 0.417 e. The first-order chi connectivity index (χ1) is 20.6. The number of nitrogens with one attached hydrogen (secondary N) is 1. The molecule has 1 aromatic rings. The number of alkyl halides is 3. The summed E-state index contributed by atoms with van der Waals surface area (Å²) in [5.74, 6) is -8.49. The van der Waals surface area contributed by atoms with Gasteiger partial charge in [-0.05, 0) is 63.0 Å². The Hall–Kier alpha value is -3.46. The zero-order chi connectivity index (χ0) is 32.5. The van der Waals surface area contributed by atoms with Gasteiger partial charge in [0.05, 0.1) is 36.4 Å². The normalized spacial score (nSPS) is 29.5. The van der Waals surface area contributed by atoms with Crippen molar-refractivity contribution >= 4 is 17.5 Å². The number of Topliss-reactive ketones (excluding diaryl/α,β-unsaturated/α-hetero) is 2. The topological polar surface area (TPSA) is 160 Å². The monoisotopic (exact) mass is 623 g/mol. The largest absolute Gasteiger partial charge is 0.510 e. The van der Waals surface area contributed by atoms with Crippen molar-refractivity contribution < 1.29 is 52.7 Å². The molecule has 5 rings (SSSR count). The van der Waals surface area contributed by atoms with Crippen LogP contribution in [0.3, 0.4) is 0 Å². The van der Waals surface area contributed by atoms with Gasteiger partial charge < -0.3 is 30.5 Å². The molecule has 1 unspecified atom stereocenters. The van der Waals surface area contributed by atoms with E-state index in [1.165, 1.54) is 26.0 Å². The number of phenolic OH excluding ortho intramolecular Hbond substituents is 1. The van der Waals surface area contributed by atoms with E-state index in [4.69, 9.17) is 4.74 Å². The van der Waals surface area contributed by atoms with Crippen LogP contribution in [0.4, 0.5) is 13.2 Å². The number of carbonyl (C=O) groups excluding carboxylic acids is 3. The lowest BCUT2D eigenvalue weighted by Gasteiger charge is -2.50. The van der Waals surface area contributed by atoms with Gasteiger partial charge in [-0.2, -0.15) is 13.2 Å². The average Bonchev–Trinajstić information content (AvgIpc) is 2.94. The van der Waals surface area contributed by atoms with Crippen LogP contribution in [0.1, 0.15) is 52.9 Å². The molecule has 5 N–H and O–H groups in total. The predicted molar refractivity (Wildman–Crippen MR) is 149 cm³/mol. The summed E-state index contributed by atoms with van der Waals surface area (Å²) >= 11 is 0. The fourth-order valence-electron chi connectivity index (χ4n) is 7.54. The third kappa shape index (κ3) is 4.61. The van der Waals surface area contributed by atoms with E-state index in [1.54, 1.807) is 0 Å². The number of amides is 1. The molecule has 11 nitrogen and oxygen atoms in total. The molecule has 3 aliphatic carbocycles. The Labute approximate surface area is 251 Å². The smallest absolute Gasteiger partial charge is 0.417 e. The Morgan fingerprint density at radius 2 is 1.91 bits per heavy atom. The summed E-state index contributed by atoms with van der Waals surface area (Å²) in [4.78, 5) is 43.4. The number of benzene rings is 1. The van der Waals surface area contributed by atoms with E-state index in [0.717, 1.165) is 6.07 Å². The van der Waals surface area contributed by atoms with E-state index < -0.39 is 105 Å². The summed E-state index contributed by atoms with van der Waals surface area (Å²) in [5, 5.41) is 47.6. The molecule has 1 saturated heterocycles. The highest BCUT2D eigenvalue weighted by Crippen LogP contribution is 2.54. The summed E-state index contributed by atoms with van der Waals surface area (Å²) in [6, 6.07) is -1.14. The molecule has 0 saturated carbocycles. The number of aromatic hydroxyl groups is 1. The second-order valence-electron chi connectivity index (χ2n) is 12.0. The number of carbonyl (C=O) groups is 3. The number of hydrogen-bond donors (Lipinski definition) is 5. The molecular formula is C30H36F3N3O8. The molecule has 0 bridgehead atoms. The van der Waals surface area contributed by atoms with Crippen LogP contribution < -0.4 is 5.32 Å². The number of allylic oxidation sites excluding steroid dienone is 1. The lowest BCUT2D eigenvalue weighted by molar-refractivity contribution is -0.148. The Bertz CT molecular complexity index is 1480. The molecule has 240 valence electrons. The van der Waals surface area contributed by atoms with Gasteiger partial charge in [-0.25, -0.2) is 0 Å². The van der Waals surface area contributed by atoms with E-state index in [0.29, 0.717) is 26.1 Å². The van der Waals surface area contributed by atoms with Gasteiger partial charge in [0, 0.05) is 25.1 Å². The molecule has 0 radical (unpaired) electrons. The highest BCUT2D eigenvalue weighted by molar-refractivity contribution is 6.25. The third-order valence-corrected chi connectivity index (χ3v) is 9.36. The highest BCUT2D eigenvalue weighted by Gasteiger charge is 2.63. The first kappa shape index (κ1) is 31.9. The fraction of sp³-hybridized carbons (Fsp3) is 0.567. The number of aliphatic hydroxyl groups excluding tert-OH is 2.